The van der Waals surface area contributed by atoms with Crippen molar-refractivity contribution >= 4 is 35.3 Å². The van der Waals surface area contributed by atoms with E-state index in [1.165, 1.54) is 0 Å². The van der Waals surface area contributed by atoms with E-state index in [0.717, 1.165) is 45.3 Å². The van der Waals surface area contributed by atoms with Gasteiger partial charge in [-0.3, -0.25) is 0 Å². The van der Waals surface area contributed by atoms with Gasteiger partial charge in [-0.25, -0.2) is 14.8 Å². The molecule has 7 aromatic rings. The number of nitrogens with zero attached hydrogens (tertiary/aromatic N) is 6. The summed E-state index contributed by atoms with van der Waals surface area (Å²) in [5.74, 6) is 3.43. The molecule has 0 aliphatic heterocycles. The van der Waals surface area contributed by atoms with Crippen LogP contribution in [-0.2, 0) is 30.5 Å². The minimum atomic E-state index is -0.510. The molecule has 0 radical (unpaired) electrons. The lowest BCUT2D eigenvalue weighted by atomic mass is 10.1. The third-order valence-electron chi connectivity index (χ3n) is 8.48. The minimum Gasteiger partial charge on any atom is -0.423 e. The molecular formula is C45H38N8O2. The highest BCUT2D eigenvalue weighted by atomic mass is 16.5. The topological polar surface area (TPSA) is 128 Å². The molecule has 0 saturated heterocycles. The van der Waals surface area contributed by atoms with Crippen LogP contribution in [0, 0.1) is 0 Å². The van der Waals surface area contributed by atoms with Gasteiger partial charge in [0, 0.05) is 43.1 Å². The molecule has 270 valence electrons. The van der Waals surface area contributed by atoms with Crippen LogP contribution >= 0.6 is 0 Å². The van der Waals surface area contributed by atoms with Crippen LogP contribution in [0.15, 0.2) is 153 Å². The van der Waals surface area contributed by atoms with Gasteiger partial charge < -0.3 is 15.4 Å². The summed E-state index contributed by atoms with van der Waals surface area (Å²) in [5, 5.41) is 6.68. The second kappa shape index (κ2) is 17.5. The van der Waals surface area contributed by atoms with Crippen LogP contribution in [0.3, 0.4) is 0 Å². The molecule has 10 heteroatoms. The summed E-state index contributed by atoms with van der Waals surface area (Å²) in [6, 6.07) is 43.4. The van der Waals surface area contributed by atoms with E-state index >= 15 is 0 Å². The number of carbonyl (C=O) groups is 1. The van der Waals surface area contributed by atoms with Gasteiger partial charge >= 0.3 is 5.97 Å². The molecule has 0 saturated carbocycles. The average Bonchev–Trinajstić information content (AvgIpc) is 3.20. The first kappa shape index (κ1) is 36.0. The Balaban J connectivity index is 1.13. The molecule has 2 N–H and O–H groups in total. The first-order valence-corrected chi connectivity index (χ1v) is 17.8. The normalized spacial score (nSPS) is 10.7. The Kier molecular flexibility index (Phi) is 11.4. The molecule has 5 aromatic carbocycles. The van der Waals surface area contributed by atoms with Gasteiger partial charge in [0.2, 0.25) is 11.9 Å². The number of para-hydroxylation sites is 2. The number of hydrogen-bond donors (Lipinski definition) is 2. The molecule has 0 bridgehead atoms. The van der Waals surface area contributed by atoms with Crippen molar-refractivity contribution in [3.05, 3.63) is 204 Å². The molecule has 0 aliphatic carbocycles. The van der Waals surface area contributed by atoms with E-state index in [2.05, 4.69) is 54.1 Å². The van der Waals surface area contributed by atoms with E-state index in [0.29, 0.717) is 66.6 Å². The molecule has 10 nitrogen and oxygen atoms in total. The largest absolute Gasteiger partial charge is 0.423 e. The van der Waals surface area contributed by atoms with Crippen molar-refractivity contribution < 1.29 is 9.53 Å². The second-order valence-corrected chi connectivity index (χ2v) is 12.7. The lowest BCUT2D eigenvalue weighted by Crippen LogP contribution is -2.10. The van der Waals surface area contributed by atoms with Gasteiger partial charge in [0.05, 0.1) is 0 Å². The number of carbonyl (C=O) groups excluding carboxylic acids is 1. The predicted molar refractivity (Wildman–Crippen MR) is 216 cm³/mol. The van der Waals surface area contributed by atoms with Crippen molar-refractivity contribution in [3.63, 3.8) is 0 Å². The van der Waals surface area contributed by atoms with Crippen LogP contribution in [0.2, 0.25) is 0 Å². The third-order valence-corrected chi connectivity index (χ3v) is 8.48. The zero-order chi connectivity index (χ0) is 37.8. The molecule has 0 fully saturated rings. The lowest BCUT2D eigenvalue weighted by molar-refractivity contribution is -0.128. The van der Waals surface area contributed by atoms with E-state index in [9.17, 15) is 4.79 Å². The van der Waals surface area contributed by atoms with Crippen LogP contribution in [0.1, 0.15) is 51.1 Å². The minimum absolute atomic E-state index is 0.437. The molecule has 0 spiro atoms. The standard InChI is InChI=1S/C45H38N8O2/c1-3-31-18-20-32(21-19-31)27-39-48-41(52-44(50-39)46-36-14-7-5-8-15-36)29-34-12-11-13-35(26-34)30-42-49-40(51-45(53-42)47-37-16-9-6-10-17-37)28-33-22-24-38(25-23-33)55-43(54)4-2/h3-26H,1-2,27-30H2,(H,46,48,50,52)(H,47,49,51,53). The highest BCUT2D eigenvalue weighted by Gasteiger charge is 2.13. The smallest absolute Gasteiger partial charge is 0.335 e. The van der Waals surface area contributed by atoms with Crippen LogP contribution in [0.5, 0.6) is 5.75 Å². The van der Waals surface area contributed by atoms with Crippen LogP contribution < -0.4 is 15.4 Å². The van der Waals surface area contributed by atoms with Crippen molar-refractivity contribution in [2.45, 2.75) is 25.7 Å². The van der Waals surface area contributed by atoms with Crippen LogP contribution in [-0.4, -0.2) is 35.9 Å². The zero-order valence-electron chi connectivity index (χ0n) is 30.1. The Morgan fingerprint density at radius 3 is 1.38 bits per heavy atom. The number of benzene rings is 5. The number of nitrogens with one attached hydrogen (secondary N) is 2. The van der Waals surface area contributed by atoms with Crippen molar-refractivity contribution in [1.82, 2.24) is 29.9 Å². The molecule has 0 atom stereocenters. The maximum atomic E-state index is 11.6. The quantitative estimate of drug-likeness (QED) is 0.0603. The van der Waals surface area contributed by atoms with Gasteiger partial charge in [0.1, 0.15) is 29.0 Å². The molecule has 2 heterocycles. The average molecular weight is 723 g/mol. The summed E-state index contributed by atoms with van der Waals surface area (Å²) < 4.78 is 5.23. The predicted octanol–water partition coefficient (Wildman–Crippen LogP) is 8.64. The number of ether oxygens (including phenoxy) is 1. The molecule has 0 unspecified atom stereocenters. The number of rotatable bonds is 15. The van der Waals surface area contributed by atoms with Gasteiger partial charge in [0.25, 0.3) is 0 Å². The Morgan fingerprint density at radius 2 is 0.945 bits per heavy atom. The summed E-state index contributed by atoms with van der Waals surface area (Å²) in [6.45, 7) is 7.31. The lowest BCUT2D eigenvalue weighted by Gasteiger charge is -2.11. The monoisotopic (exact) mass is 722 g/mol. The molecule has 0 aliphatic rings. The molecular weight excluding hydrogens is 685 g/mol. The van der Waals surface area contributed by atoms with E-state index in [4.69, 9.17) is 34.6 Å². The molecule has 55 heavy (non-hydrogen) atoms. The van der Waals surface area contributed by atoms with Crippen LogP contribution in [0.4, 0.5) is 23.3 Å². The Bertz CT molecular complexity index is 2400. The molecule has 0 amide bonds. The van der Waals surface area contributed by atoms with E-state index in [1.54, 1.807) is 12.1 Å². The van der Waals surface area contributed by atoms with Crippen molar-refractivity contribution in [2.75, 3.05) is 10.6 Å². The summed E-state index contributed by atoms with van der Waals surface area (Å²) in [7, 11) is 0. The Morgan fingerprint density at radius 1 is 0.509 bits per heavy atom. The SMILES string of the molecule is C=CC(=O)Oc1ccc(Cc2nc(Cc3cccc(Cc4nc(Cc5ccc(C=C)cc5)nc(Nc5ccccc5)n4)c3)nc(Nc3ccccc3)n2)cc1. The highest BCUT2D eigenvalue weighted by Crippen LogP contribution is 2.20. The zero-order valence-corrected chi connectivity index (χ0v) is 30.1. The Labute approximate surface area is 319 Å². The second-order valence-electron chi connectivity index (χ2n) is 12.7. The van der Waals surface area contributed by atoms with Gasteiger partial charge in [-0.05, 0) is 64.2 Å². The van der Waals surface area contributed by atoms with Gasteiger partial charge in [0.15, 0.2) is 0 Å². The van der Waals surface area contributed by atoms with Crippen LogP contribution in [0.25, 0.3) is 6.08 Å². The first-order chi connectivity index (χ1) is 27.0. The fourth-order valence-electron chi connectivity index (χ4n) is 5.85. The van der Waals surface area contributed by atoms with Crippen molar-refractivity contribution in [2.24, 2.45) is 0 Å². The fraction of sp³-hybridized carbons (Fsp3) is 0.0889. The third kappa shape index (κ3) is 10.4. The number of esters is 1. The van der Waals surface area contributed by atoms with E-state index in [-0.39, 0.29) is 0 Å². The van der Waals surface area contributed by atoms with Crippen molar-refractivity contribution in [3.8, 4) is 5.75 Å². The summed E-state index contributed by atoms with van der Waals surface area (Å²) >= 11 is 0. The number of aromatic nitrogens is 6. The van der Waals surface area contributed by atoms with Gasteiger partial charge in [-0.15, -0.1) is 0 Å². The molecule has 7 rings (SSSR count). The number of hydrogen-bond acceptors (Lipinski definition) is 10. The maximum absolute atomic E-state index is 11.6. The molecule has 2 aromatic heterocycles. The van der Waals surface area contributed by atoms with E-state index in [1.807, 2.05) is 97.1 Å². The van der Waals surface area contributed by atoms with Crippen molar-refractivity contribution in [1.29, 1.82) is 0 Å². The maximum Gasteiger partial charge on any atom is 0.335 e. The summed E-state index contributed by atoms with van der Waals surface area (Å²) in [4.78, 5) is 40.5. The fourth-order valence-corrected chi connectivity index (χ4v) is 5.85. The summed E-state index contributed by atoms with van der Waals surface area (Å²) in [5.41, 5.74) is 6.95. The first-order valence-electron chi connectivity index (χ1n) is 17.8. The van der Waals surface area contributed by atoms with Gasteiger partial charge in [-0.2, -0.15) is 19.9 Å². The Hall–Kier alpha value is -7.33. The van der Waals surface area contributed by atoms with E-state index < -0.39 is 5.97 Å². The summed E-state index contributed by atoms with van der Waals surface area (Å²) in [6.07, 6.45) is 4.96. The highest BCUT2D eigenvalue weighted by molar-refractivity contribution is 5.83. The van der Waals surface area contributed by atoms with Gasteiger partial charge in [-0.1, -0.05) is 116 Å². The number of anilines is 4.